The number of para-hydroxylation sites is 1. The van der Waals surface area contributed by atoms with E-state index in [-0.39, 0.29) is 12.3 Å². The first-order valence-electron chi connectivity index (χ1n) is 7.31. The number of methoxy groups -OCH3 is 2. The number of nitrogens with one attached hydrogen (secondary N) is 1. The molecule has 1 atom stereocenters. The van der Waals surface area contributed by atoms with Crippen LogP contribution >= 0.6 is 15.9 Å². The van der Waals surface area contributed by atoms with Crippen molar-refractivity contribution in [2.75, 3.05) is 14.2 Å². The number of benzene rings is 2. The molecular formula is C18H18BrNO4. The maximum atomic E-state index is 12.4. The smallest absolute Gasteiger partial charge is 0.328 e. The number of carbonyl (C=O) groups is 2. The molecule has 0 spiro atoms. The molecule has 0 saturated heterocycles. The van der Waals surface area contributed by atoms with E-state index in [0.29, 0.717) is 11.3 Å². The third kappa shape index (κ3) is 4.58. The van der Waals surface area contributed by atoms with Crippen molar-refractivity contribution >= 4 is 27.8 Å². The van der Waals surface area contributed by atoms with E-state index in [2.05, 4.69) is 21.2 Å². The van der Waals surface area contributed by atoms with Crippen LogP contribution in [0.3, 0.4) is 0 Å². The van der Waals surface area contributed by atoms with E-state index < -0.39 is 12.0 Å². The predicted octanol–water partition coefficient (Wildman–Crippen LogP) is 2.97. The lowest BCUT2D eigenvalue weighted by Gasteiger charge is -2.18. The molecule has 0 aliphatic rings. The molecule has 0 bridgehead atoms. The first-order valence-corrected chi connectivity index (χ1v) is 8.10. The maximum absolute atomic E-state index is 12.4. The van der Waals surface area contributed by atoms with E-state index in [0.717, 1.165) is 10.0 Å². The quantitative estimate of drug-likeness (QED) is 0.768. The van der Waals surface area contributed by atoms with E-state index in [1.54, 1.807) is 31.4 Å². The minimum absolute atomic E-state index is 0.274. The zero-order chi connectivity index (χ0) is 17.5. The molecule has 0 unspecified atom stereocenters. The van der Waals surface area contributed by atoms with Gasteiger partial charge in [0.15, 0.2) is 0 Å². The Labute approximate surface area is 149 Å². The third-order valence-corrected chi connectivity index (χ3v) is 3.99. The number of ether oxygens (including phenoxy) is 2. The summed E-state index contributed by atoms with van der Waals surface area (Å²) >= 11 is 3.32. The number of hydrogen-bond donors (Lipinski definition) is 1. The lowest BCUT2D eigenvalue weighted by molar-refractivity contribution is -0.142. The lowest BCUT2D eigenvalue weighted by Crippen LogP contribution is -2.43. The summed E-state index contributed by atoms with van der Waals surface area (Å²) in [6, 6.07) is 13.5. The molecule has 0 saturated carbocycles. The second-order valence-electron chi connectivity index (χ2n) is 5.08. The Bertz CT molecular complexity index is 732. The summed E-state index contributed by atoms with van der Waals surface area (Å²) in [5, 5.41) is 2.72. The van der Waals surface area contributed by atoms with Gasteiger partial charge in [-0.3, -0.25) is 4.79 Å². The van der Waals surface area contributed by atoms with E-state index in [1.165, 1.54) is 7.11 Å². The van der Waals surface area contributed by atoms with Crippen LogP contribution in [0.5, 0.6) is 5.75 Å². The van der Waals surface area contributed by atoms with Crippen molar-refractivity contribution in [2.45, 2.75) is 12.5 Å². The van der Waals surface area contributed by atoms with Crippen LogP contribution in [0.15, 0.2) is 53.0 Å². The van der Waals surface area contributed by atoms with Crippen LogP contribution in [-0.2, 0) is 16.0 Å². The number of amides is 1. The Kier molecular flexibility index (Phi) is 6.37. The highest BCUT2D eigenvalue weighted by molar-refractivity contribution is 9.10. The molecule has 6 heteroatoms. The summed E-state index contributed by atoms with van der Waals surface area (Å²) in [7, 11) is 2.86. The second-order valence-corrected chi connectivity index (χ2v) is 5.99. The molecule has 2 aromatic carbocycles. The number of rotatable bonds is 6. The van der Waals surface area contributed by atoms with E-state index in [9.17, 15) is 9.59 Å². The Hall–Kier alpha value is -2.34. The average molecular weight is 392 g/mol. The Morgan fingerprint density at radius 1 is 1.12 bits per heavy atom. The molecule has 2 rings (SSSR count). The number of carbonyl (C=O) groups excluding carboxylic acids is 2. The number of hydrogen-bond acceptors (Lipinski definition) is 4. The Morgan fingerprint density at radius 2 is 1.88 bits per heavy atom. The minimum atomic E-state index is -0.808. The largest absolute Gasteiger partial charge is 0.496 e. The molecule has 0 aromatic heterocycles. The molecule has 1 N–H and O–H groups in total. The van der Waals surface area contributed by atoms with Gasteiger partial charge in [0.1, 0.15) is 11.8 Å². The fraction of sp³-hybridized carbons (Fsp3) is 0.222. The van der Waals surface area contributed by atoms with Crippen molar-refractivity contribution in [1.29, 1.82) is 0 Å². The van der Waals surface area contributed by atoms with Crippen molar-refractivity contribution < 1.29 is 19.1 Å². The van der Waals surface area contributed by atoms with Crippen LogP contribution < -0.4 is 10.1 Å². The molecule has 0 heterocycles. The molecule has 126 valence electrons. The zero-order valence-corrected chi connectivity index (χ0v) is 15.0. The summed E-state index contributed by atoms with van der Waals surface area (Å²) in [5.74, 6) is -0.200. The van der Waals surface area contributed by atoms with Crippen LogP contribution in [0.25, 0.3) is 0 Å². The summed E-state index contributed by atoms with van der Waals surface area (Å²) in [6.45, 7) is 0. The van der Waals surface area contributed by atoms with Gasteiger partial charge in [0.2, 0.25) is 0 Å². The highest BCUT2D eigenvalue weighted by Crippen LogP contribution is 2.19. The van der Waals surface area contributed by atoms with Crippen molar-refractivity contribution in [3.8, 4) is 5.75 Å². The van der Waals surface area contributed by atoms with Crippen molar-refractivity contribution in [3.05, 3.63) is 64.1 Å². The van der Waals surface area contributed by atoms with Crippen LogP contribution in [0.4, 0.5) is 0 Å². The fourth-order valence-corrected chi connectivity index (χ4v) is 2.70. The molecule has 0 fully saturated rings. The molecule has 24 heavy (non-hydrogen) atoms. The normalized spacial score (nSPS) is 11.5. The average Bonchev–Trinajstić information content (AvgIpc) is 2.60. The summed E-state index contributed by atoms with van der Waals surface area (Å²) in [4.78, 5) is 24.5. The van der Waals surface area contributed by atoms with Gasteiger partial charge in [-0.1, -0.05) is 40.2 Å². The highest BCUT2D eigenvalue weighted by Gasteiger charge is 2.24. The SMILES string of the molecule is COC(=O)[C@@H](Cc1ccccc1OC)NC(=O)c1cccc(Br)c1. The van der Waals surface area contributed by atoms with Crippen molar-refractivity contribution in [1.82, 2.24) is 5.32 Å². The molecule has 5 nitrogen and oxygen atoms in total. The first kappa shape index (κ1) is 18.0. The van der Waals surface area contributed by atoms with Crippen molar-refractivity contribution in [3.63, 3.8) is 0 Å². The highest BCUT2D eigenvalue weighted by atomic mass is 79.9. The van der Waals surface area contributed by atoms with Crippen molar-refractivity contribution in [2.24, 2.45) is 0 Å². The monoisotopic (exact) mass is 391 g/mol. The molecule has 2 aromatic rings. The number of esters is 1. The van der Waals surface area contributed by atoms with Gasteiger partial charge in [0.05, 0.1) is 14.2 Å². The van der Waals surface area contributed by atoms with Gasteiger partial charge in [0.25, 0.3) is 5.91 Å². The summed E-state index contributed by atoms with van der Waals surface area (Å²) in [6.07, 6.45) is 0.274. The maximum Gasteiger partial charge on any atom is 0.328 e. The van der Waals surface area contributed by atoms with Crippen LogP contribution in [0.1, 0.15) is 15.9 Å². The third-order valence-electron chi connectivity index (χ3n) is 3.49. The zero-order valence-electron chi connectivity index (χ0n) is 13.4. The van der Waals surface area contributed by atoms with E-state index in [1.807, 2.05) is 24.3 Å². The fourth-order valence-electron chi connectivity index (χ4n) is 2.30. The van der Waals surface area contributed by atoms with Gasteiger partial charge in [0, 0.05) is 16.5 Å². The second kappa shape index (κ2) is 8.49. The minimum Gasteiger partial charge on any atom is -0.496 e. The van der Waals surface area contributed by atoms with Crippen LogP contribution in [0.2, 0.25) is 0 Å². The van der Waals surface area contributed by atoms with Gasteiger partial charge in [-0.15, -0.1) is 0 Å². The standard InChI is InChI=1S/C18H18BrNO4/c1-23-16-9-4-3-6-12(16)11-15(18(22)24-2)20-17(21)13-7-5-8-14(19)10-13/h3-10,15H,11H2,1-2H3,(H,20,21)/t15-/m1/s1. The predicted molar refractivity (Wildman–Crippen MR) is 94.1 cm³/mol. The van der Waals surface area contributed by atoms with Gasteiger partial charge >= 0.3 is 5.97 Å². The Balaban J connectivity index is 2.20. The molecule has 1 amide bonds. The summed E-state index contributed by atoms with van der Waals surface area (Å²) < 4.78 is 10.9. The lowest BCUT2D eigenvalue weighted by atomic mass is 10.0. The molecule has 0 aliphatic carbocycles. The molecule has 0 aliphatic heterocycles. The van der Waals surface area contributed by atoms with Gasteiger partial charge in [-0.05, 0) is 29.8 Å². The molecular weight excluding hydrogens is 374 g/mol. The Morgan fingerprint density at radius 3 is 2.54 bits per heavy atom. The summed E-state index contributed by atoms with van der Waals surface area (Å²) in [5.41, 5.74) is 1.27. The topological polar surface area (TPSA) is 64.6 Å². The van der Waals surface area contributed by atoms with Gasteiger partial charge in [-0.25, -0.2) is 4.79 Å². The van der Waals surface area contributed by atoms with Crippen LogP contribution in [-0.4, -0.2) is 32.1 Å². The van der Waals surface area contributed by atoms with E-state index >= 15 is 0 Å². The molecule has 0 radical (unpaired) electrons. The first-order chi connectivity index (χ1) is 11.5. The number of halogens is 1. The van der Waals surface area contributed by atoms with Gasteiger partial charge in [-0.2, -0.15) is 0 Å². The van der Waals surface area contributed by atoms with Crippen LogP contribution in [0, 0.1) is 0 Å². The van der Waals surface area contributed by atoms with E-state index in [4.69, 9.17) is 9.47 Å². The van der Waals surface area contributed by atoms with Gasteiger partial charge < -0.3 is 14.8 Å².